The predicted molar refractivity (Wildman–Crippen MR) is 66.7 cm³/mol. The summed E-state index contributed by atoms with van der Waals surface area (Å²) in [5, 5.41) is 8.06. The Kier molecular flexibility index (Phi) is 3.38. The number of nitrogens with two attached hydrogens (primary N) is 1. The summed E-state index contributed by atoms with van der Waals surface area (Å²) in [7, 11) is 0. The molecular formula is C12H22N4O. The van der Waals surface area contributed by atoms with Gasteiger partial charge in [-0.15, -0.1) is 5.10 Å². The van der Waals surface area contributed by atoms with E-state index in [0.717, 1.165) is 13.1 Å². The maximum atomic E-state index is 5.72. The molecule has 0 radical (unpaired) electrons. The van der Waals surface area contributed by atoms with Gasteiger partial charge in [-0.05, 0) is 31.6 Å². The van der Waals surface area contributed by atoms with Crippen LogP contribution >= 0.6 is 0 Å². The number of hydrogen-bond donors (Lipinski definition) is 1. The van der Waals surface area contributed by atoms with Crippen molar-refractivity contribution in [3.05, 3.63) is 5.89 Å². The van der Waals surface area contributed by atoms with Crippen molar-refractivity contribution in [2.45, 2.75) is 46.1 Å². The molecule has 0 saturated carbocycles. The summed E-state index contributed by atoms with van der Waals surface area (Å²) < 4.78 is 5.59. The first-order chi connectivity index (χ1) is 8.10. The molecule has 1 saturated heterocycles. The summed E-state index contributed by atoms with van der Waals surface area (Å²) in [4.78, 5) is 2.19. The summed E-state index contributed by atoms with van der Waals surface area (Å²) in [6.07, 6.45) is 3.61. The molecule has 96 valence electrons. The topological polar surface area (TPSA) is 68.2 Å². The van der Waals surface area contributed by atoms with Crippen molar-refractivity contribution in [1.29, 1.82) is 0 Å². The lowest BCUT2D eigenvalue weighted by atomic mass is 9.82. The number of aromatic nitrogens is 2. The highest BCUT2D eigenvalue weighted by Gasteiger charge is 2.36. The van der Waals surface area contributed by atoms with Crippen molar-refractivity contribution in [3.63, 3.8) is 0 Å². The minimum absolute atomic E-state index is 0.194. The molecule has 1 unspecified atom stereocenters. The van der Waals surface area contributed by atoms with Crippen molar-refractivity contribution in [2.24, 2.45) is 11.1 Å². The van der Waals surface area contributed by atoms with Gasteiger partial charge in [0.05, 0.1) is 6.04 Å². The molecule has 5 heteroatoms. The predicted octanol–water partition coefficient (Wildman–Crippen LogP) is 2.11. The van der Waals surface area contributed by atoms with Crippen LogP contribution in [0.2, 0.25) is 0 Å². The third-order valence-electron chi connectivity index (χ3n) is 4.03. The molecule has 2 rings (SSSR count). The highest BCUT2D eigenvalue weighted by Crippen LogP contribution is 2.38. The molecule has 1 aliphatic rings. The van der Waals surface area contributed by atoms with Gasteiger partial charge in [-0.2, -0.15) is 0 Å². The summed E-state index contributed by atoms with van der Waals surface area (Å²) in [5.41, 5.74) is 6.14. The van der Waals surface area contributed by atoms with E-state index in [1.54, 1.807) is 0 Å². The molecule has 5 nitrogen and oxygen atoms in total. The molecule has 1 atom stereocenters. The van der Waals surface area contributed by atoms with Crippen molar-refractivity contribution in [3.8, 4) is 0 Å². The van der Waals surface area contributed by atoms with Crippen LogP contribution in [-0.4, -0.2) is 23.3 Å². The average molecular weight is 238 g/mol. The Morgan fingerprint density at radius 3 is 2.59 bits per heavy atom. The van der Waals surface area contributed by atoms with Crippen LogP contribution in [0.1, 0.15) is 52.0 Å². The molecule has 2 N–H and O–H groups in total. The number of anilines is 1. The Hall–Kier alpha value is -1.10. The molecule has 0 bridgehead atoms. The van der Waals surface area contributed by atoms with Crippen molar-refractivity contribution < 1.29 is 4.42 Å². The van der Waals surface area contributed by atoms with Gasteiger partial charge in [0.2, 0.25) is 5.89 Å². The van der Waals surface area contributed by atoms with Crippen molar-refractivity contribution in [1.82, 2.24) is 10.2 Å². The van der Waals surface area contributed by atoms with Gasteiger partial charge in [0, 0.05) is 13.1 Å². The third-order valence-corrected chi connectivity index (χ3v) is 4.03. The molecule has 0 aliphatic carbocycles. The first-order valence-corrected chi connectivity index (χ1v) is 6.44. The standard InChI is InChI=1S/C12H22N4O/c1-4-12(5-2)6-7-16(8-12)11-15-14-10(17-11)9(3)13/h9H,4-8,13H2,1-3H3. The van der Waals surface area contributed by atoms with Gasteiger partial charge in [0.25, 0.3) is 0 Å². The third kappa shape index (κ3) is 2.29. The van der Waals surface area contributed by atoms with Gasteiger partial charge in [-0.3, -0.25) is 0 Å². The summed E-state index contributed by atoms with van der Waals surface area (Å²) >= 11 is 0. The zero-order chi connectivity index (χ0) is 12.5. The van der Waals surface area contributed by atoms with Gasteiger partial charge >= 0.3 is 6.01 Å². The maximum absolute atomic E-state index is 5.72. The van der Waals surface area contributed by atoms with Crippen LogP contribution in [-0.2, 0) is 0 Å². The molecule has 1 aromatic rings. The molecule has 1 aromatic heterocycles. The Bertz CT molecular complexity index is 370. The molecule has 2 heterocycles. The van der Waals surface area contributed by atoms with E-state index in [9.17, 15) is 0 Å². The van der Waals surface area contributed by atoms with Crippen LogP contribution in [0.3, 0.4) is 0 Å². The molecule has 0 amide bonds. The fourth-order valence-corrected chi connectivity index (χ4v) is 2.46. The van der Waals surface area contributed by atoms with E-state index in [1.165, 1.54) is 19.3 Å². The van der Waals surface area contributed by atoms with Crippen molar-refractivity contribution >= 4 is 6.01 Å². The summed E-state index contributed by atoms with van der Waals surface area (Å²) in [5.74, 6) is 0.519. The van der Waals surface area contributed by atoms with E-state index in [2.05, 4.69) is 28.9 Å². The second kappa shape index (κ2) is 4.64. The van der Waals surface area contributed by atoms with Crippen molar-refractivity contribution in [2.75, 3.05) is 18.0 Å². The fourth-order valence-electron chi connectivity index (χ4n) is 2.46. The molecule has 1 fully saturated rings. The molecule has 0 spiro atoms. The van der Waals surface area contributed by atoms with Crippen LogP contribution in [0, 0.1) is 5.41 Å². The monoisotopic (exact) mass is 238 g/mol. The van der Waals surface area contributed by atoms with Gasteiger partial charge in [0.15, 0.2) is 0 Å². The minimum Gasteiger partial charge on any atom is -0.406 e. The smallest absolute Gasteiger partial charge is 0.318 e. The van der Waals surface area contributed by atoms with E-state index in [1.807, 2.05) is 6.92 Å². The molecule has 0 aromatic carbocycles. The molecular weight excluding hydrogens is 216 g/mol. The number of hydrogen-bond acceptors (Lipinski definition) is 5. The first-order valence-electron chi connectivity index (χ1n) is 6.44. The SMILES string of the molecule is CCC1(CC)CCN(c2nnc(C(C)N)o2)C1. The minimum atomic E-state index is -0.194. The summed E-state index contributed by atoms with van der Waals surface area (Å²) in [6.45, 7) is 8.38. The lowest BCUT2D eigenvalue weighted by molar-refractivity contribution is 0.300. The second-order valence-corrected chi connectivity index (χ2v) is 5.09. The van der Waals surface area contributed by atoms with Crippen LogP contribution in [0.4, 0.5) is 6.01 Å². The lowest BCUT2D eigenvalue weighted by Gasteiger charge is -2.25. The van der Waals surface area contributed by atoms with Crippen LogP contribution < -0.4 is 10.6 Å². The Morgan fingerprint density at radius 1 is 1.41 bits per heavy atom. The van der Waals surface area contributed by atoms with Gasteiger partial charge in [-0.25, -0.2) is 0 Å². The van der Waals surface area contributed by atoms with E-state index in [0.29, 0.717) is 17.3 Å². The first kappa shape index (κ1) is 12.4. The van der Waals surface area contributed by atoms with E-state index >= 15 is 0 Å². The normalized spacial score (nSPS) is 20.8. The highest BCUT2D eigenvalue weighted by atomic mass is 16.4. The van der Waals surface area contributed by atoms with E-state index in [-0.39, 0.29) is 6.04 Å². The van der Waals surface area contributed by atoms with E-state index < -0.39 is 0 Å². The van der Waals surface area contributed by atoms with E-state index in [4.69, 9.17) is 10.2 Å². The summed E-state index contributed by atoms with van der Waals surface area (Å²) in [6, 6.07) is 0.432. The van der Waals surface area contributed by atoms with Crippen LogP contribution in [0.25, 0.3) is 0 Å². The number of rotatable bonds is 4. The average Bonchev–Trinajstić information content (AvgIpc) is 2.96. The second-order valence-electron chi connectivity index (χ2n) is 5.09. The maximum Gasteiger partial charge on any atom is 0.318 e. The molecule has 1 aliphatic heterocycles. The quantitative estimate of drug-likeness (QED) is 0.870. The van der Waals surface area contributed by atoms with Gasteiger partial charge in [0.1, 0.15) is 0 Å². The molecule has 17 heavy (non-hydrogen) atoms. The number of nitrogens with zero attached hydrogens (tertiary/aromatic N) is 3. The highest BCUT2D eigenvalue weighted by molar-refractivity contribution is 5.28. The largest absolute Gasteiger partial charge is 0.406 e. The Labute approximate surface area is 102 Å². The van der Waals surface area contributed by atoms with Gasteiger partial charge < -0.3 is 15.1 Å². The Balaban J connectivity index is 2.09. The fraction of sp³-hybridized carbons (Fsp3) is 0.833. The Morgan fingerprint density at radius 2 is 2.12 bits per heavy atom. The zero-order valence-electron chi connectivity index (χ0n) is 10.9. The lowest BCUT2D eigenvalue weighted by Crippen LogP contribution is -2.26. The zero-order valence-corrected chi connectivity index (χ0v) is 10.9. The van der Waals surface area contributed by atoms with Crippen LogP contribution in [0.5, 0.6) is 0 Å². The van der Waals surface area contributed by atoms with Gasteiger partial charge in [-0.1, -0.05) is 18.9 Å². The van der Waals surface area contributed by atoms with Crippen LogP contribution in [0.15, 0.2) is 4.42 Å².